The van der Waals surface area contributed by atoms with Gasteiger partial charge in [0.2, 0.25) is 0 Å². The van der Waals surface area contributed by atoms with Crippen molar-refractivity contribution in [3.8, 4) is 0 Å². The largest absolute Gasteiger partial charge is 0.333 e. The number of nitrogens with two attached hydrogens (primary N) is 1. The summed E-state index contributed by atoms with van der Waals surface area (Å²) in [5.41, 5.74) is 5.14. The van der Waals surface area contributed by atoms with Crippen LogP contribution in [-0.4, -0.2) is 30.1 Å². The number of aryl methyl sites for hydroxylation is 2. The Bertz CT molecular complexity index is 571. The van der Waals surface area contributed by atoms with Gasteiger partial charge >= 0.3 is 0 Å². The molecule has 0 bridgehead atoms. The predicted octanol–water partition coefficient (Wildman–Crippen LogP) is 1.26. The minimum Gasteiger partial charge on any atom is -0.333 e. The second kappa shape index (κ2) is 6.06. The van der Waals surface area contributed by atoms with E-state index >= 15 is 0 Å². The fourth-order valence-electron chi connectivity index (χ4n) is 2.96. The molecule has 1 atom stereocenters. The number of sulfonamides is 1. The van der Waals surface area contributed by atoms with Crippen LogP contribution in [0.15, 0.2) is 11.2 Å². The molecule has 2 rings (SSSR count). The number of rotatable bonds is 6. The van der Waals surface area contributed by atoms with E-state index in [1.54, 1.807) is 6.20 Å². The average molecular weight is 314 g/mol. The van der Waals surface area contributed by atoms with Crippen LogP contribution < -0.4 is 10.5 Å². The monoisotopic (exact) mass is 314 g/mol. The summed E-state index contributed by atoms with van der Waals surface area (Å²) in [5.74, 6) is 1.22. The van der Waals surface area contributed by atoms with Crippen molar-refractivity contribution in [2.45, 2.75) is 63.6 Å². The zero-order valence-electron chi connectivity index (χ0n) is 13.1. The molecule has 7 heteroatoms. The highest BCUT2D eigenvalue weighted by Gasteiger charge is 2.32. The topological polar surface area (TPSA) is 90.0 Å². The fourth-order valence-corrected chi connectivity index (χ4v) is 4.37. The summed E-state index contributed by atoms with van der Waals surface area (Å²) in [4.78, 5) is 4.29. The van der Waals surface area contributed by atoms with Gasteiger partial charge in [0.1, 0.15) is 5.82 Å². The first-order chi connectivity index (χ1) is 9.76. The molecular weight excluding hydrogens is 288 g/mol. The maximum atomic E-state index is 12.6. The van der Waals surface area contributed by atoms with E-state index in [0.29, 0.717) is 12.3 Å². The van der Waals surface area contributed by atoms with Gasteiger partial charge in [0.05, 0.1) is 0 Å². The Kier molecular flexibility index (Phi) is 4.75. The Morgan fingerprint density at radius 3 is 2.76 bits per heavy atom. The second-order valence-corrected chi connectivity index (χ2v) is 8.24. The van der Waals surface area contributed by atoms with Gasteiger partial charge in [0.15, 0.2) is 5.03 Å². The molecule has 0 aliphatic carbocycles. The van der Waals surface area contributed by atoms with Crippen molar-refractivity contribution in [2.75, 3.05) is 6.54 Å². The summed E-state index contributed by atoms with van der Waals surface area (Å²) < 4.78 is 29.8. The van der Waals surface area contributed by atoms with Gasteiger partial charge in [0.25, 0.3) is 10.0 Å². The van der Waals surface area contributed by atoms with Crippen molar-refractivity contribution in [3.05, 3.63) is 12.0 Å². The van der Waals surface area contributed by atoms with Gasteiger partial charge in [-0.2, -0.15) is 0 Å². The Labute approximate surface area is 127 Å². The molecule has 0 aromatic carbocycles. The maximum absolute atomic E-state index is 12.6. The molecule has 0 saturated carbocycles. The molecule has 0 spiro atoms. The lowest BCUT2D eigenvalue weighted by molar-refractivity contribution is 0.344. The van der Waals surface area contributed by atoms with Gasteiger partial charge in [-0.3, -0.25) is 0 Å². The zero-order valence-corrected chi connectivity index (χ0v) is 13.9. The van der Waals surface area contributed by atoms with Crippen LogP contribution in [0.2, 0.25) is 0 Å². The van der Waals surface area contributed by atoms with Crippen LogP contribution in [0.25, 0.3) is 0 Å². The highest BCUT2D eigenvalue weighted by atomic mass is 32.2. The van der Waals surface area contributed by atoms with Crippen LogP contribution in [0.4, 0.5) is 0 Å². The quantitative estimate of drug-likeness (QED) is 0.827. The molecule has 1 aromatic heterocycles. The molecule has 3 N–H and O–H groups in total. The van der Waals surface area contributed by atoms with Crippen molar-refractivity contribution < 1.29 is 8.42 Å². The highest BCUT2D eigenvalue weighted by molar-refractivity contribution is 7.89. The van der Waals surface area contributed by atoms with E-state index < -0.39 is 15.6 Å². The Hall–Kier alpha value is -0.920. The molecule has 1 aromatic rings. The number of fused-ring (bicyclic) bond motifs is 1. The first-order valence-corrected chi connectivity index (χ1v) is 9.04. The van der Waals surface area contributed by atoms with Crippen molar-refractivity contribution in [2.24, 2.45) is 11.7 Å². The summed E-state index contributed by atoms with van der Waals surface area (Å²) in [6.07, 6.45) is 5.32. The summed E-state index contributed by atoms with van der Waals surface area (Å²) >= 11 is 0. The second-order valence-electron chi connectivity index (χ2n) is 6.61. The van der Waals surface area contributed by atoms with E-state index in [9.17, 15) is 8.42 Å². The van der Waals surface area contributed by atoms with Crippen molar-refractivity contribution in [1.29, 1.82) is 0 Å². The summed E-state index contributed by atoms with van der Waals surface area (Å²) in [6.45, 7) is 7.06. The van der Waals surface area contributed by atoms with E-state index in [2.05, 4.69) is 23.6 Å². The van der Waals surface area contributed by atoms with E-state index in [1.165, 1.54) is 0 Å². The van der Waals surface area contributed by atoms with Crippen LogP contribution in [0.3, 0.4) is 0 Å². The fraction of sp³-hybridized carbons (Fsp3) is 0.786. The third-order valence-electron chi connectivity index (χ3n) is 3.85. The zero-order chi connectivity index (χ0) is 15.7. The molecule has 0 saturated heterocycles. The maximum Gasteiger partial charge on any atom is 0.260 e. The van der Waals surface area contributed by atoms with Crippen molar-refractivity contribution in [3.63, 3.8) is 0 Å². The summed E-state index contributed by atoms with van der Waals surface area (Å²) in [7, 11) is -3.63. The number of nitrogens with one attached hydrogen (secondary N) is 1. The minimum atomic E-state index is -3.63. The summed E-state index contributed by atoms with van der Waals surface area (Å²) in [5, 5.41) is 0.114. The number of nitrogens with zero attached hydrogens (tertiary/aromatic N) is 2. The Morgan fingerprint density at radius 1 is 1.48 bits per heavy atom. The molecule has 2 heterocycles. The van der Waals surface area contributed by atoms with Crippen LogP contribution >= 0.6 is 0 Å². The normalized spacial score (nSPS) is 18.5. The molecule has 21 heavy (non-hydrogen) atoms. The minimum absolute atomic E-state index is 0.114. The van der Waals surface area contributed by atoms with Gasteiger partial charge in [-0.25, -0.2) is 18.1 Å². The molecule has 6 nitrogen and oxygen atoms in total. The van der Waals surface area contributed by atoms with Crippen LogP contribution in [0.1, 0.15) is 45.9 Å². The lowest BCUT2D eigenvalue weighted by Gasteiger charge is -2.30. The van der Waals surface area contributed by atoms with Crippen LogP contribution in [0.5, 0.6) is 0 Å². The third kappa shape index (κ3) is 3.84. The van der Waals surface area contributed by atoms with Gasteiger partial charge < -0.3 is 10.3 Å². The van der Waals surface area contributed by atoms with E-state index in [4.69, 9.17) is 5.73 Å². The number of hydrogen-bond donors (Lipinski definition) is 2. The van der Waals surface area contributed by atoms with Gasteiger partial charge in [-0.15, -0.1) is 0 Å². The molecule has 0 amide bonds. The average Bonchev–Trinajstić information content (AvgIpc) is 2.81. The van der Waals surface area contributed by atoms with Crippen molar-refractivity contribution >= 4 is 10.0 Å². The molecule has 1 unspecified atom stereocenters. The Balaban J connectivity index is 2.23. The third-order valence-corrected chi connectivity index (χ3v) is 5.36. The molecule has 1 aliphatic heterocycles. The molecular formula is C14H26N4O2S. The first kappa shape index (κ1) is 16.5. The van der Waals surface area contributed by atoms with E-state index in [1.807, 2.05) is 11.5 Å². The molecule has 0 radical (unpaired) electrons. The first-order valence-electron chi connectivity index (χ1n) is 7.56. The van der Waals surface area contributed by atoms with Gasteiger partial charge in [0, 0.05) is 31.2 Å². The molecule has 120 valence electrons. The SMILES string of the molecule is CC(C)CC(C)(CN)NS(=O)(=O)c1cn2c(n1)CCCC2. The number of hydrogen-bond acceptors (Lipinski definition) is 4. The lowest BCUT2D eigenvalue weighted by atomic mass is 9.92. The number of aromatic nitrogens is 2. The molecule has 1 aliphatic rings. The molecule has 0 fully saturated rings. The van der Waals surface area contributed by atoms with Gasteiger partial charge in [-0.05, 0) is 32.1 Å². The standard InChI is InChI=1S/C14H26N4O2S/c1-11(2)8-14(3,10-15)17-21(19,20)13-9-18-7-5-4-6-12(18)16-13/h9,11,17H,4-8,10,15H2,1-3H3. The van der Waals surface area contributed by atoms with Crippen molar-refractivity contribution in [1.82, 2.24) is 14.3 Å². The van der Waals surface area contributed by atoms with Crippen LogP contribution in [-0.2, 0) is 23.0 Å². The smallest absolute Gasteiger partial charge is 0.260 e. The van der Waals surface area contributed by atoms with Crippen LogP contribution in [0, 0.1) is 5.92 Å². The number of imidazole rings is 1. The van der Waals surface area contributed by atoms with E-state index in [-0.39, 0.29) is 11.6 Å². The summed E-state index contributed by atoms with van der Waals surface area (Å²) in [6, 6.07) is 0. The predicted molar refractivity (Wildman–Crippen MR) is 82.4 cm³/mol. The Morgan fingerprint density at radius 2 is 2.19 bits per heavy atom. The van der Waals surface area contributed by atoms with Gasteiger partial charge in [-0.1, -0.05) is 13.8 Å². The highest BCUT2D eigenvalue weighted by Crippen LogP contribution is 2.21. The lowest BCUT2D eigenvalue weighted by Crippen LogP contribution is -2.52. The van der Waals surface area contributed by atoms with E-state index in [0.717, 1.165) is 31.6 Å².